The van der Waals surface area contributed by atoms with Crippen LogP contribution in [0.1, 0.15) is 36.3 Å². The van der Waals surface area contributed by atoms with Gasteiger partial charge in [0.05, 0.1) is 10.5 Å². The molecule has 1 aliphatic heterocycles. The van der Waals surface area contributed by atoms with Gasteiger partial charge in [0.15, 0.2) is 0 Å². The normalized spacial score (nSPS) is 16.8. The van der Waals surface area contributed by atoms with Crippen LogP contribution in [0, 0.1) is 0 Å². The van der Waals surface area contributed by atoms with Crippen LogP contribution < -0.4 is 0 Å². The zero-order chi connectivity index (χ0) is 25.8. The SMILES string of the molecule is CN(C[C@@H](CCN1CCC(O)(c2ccc(Cl)cc2)CC1)c1cccc(Cl)c1)S(=O)(=O)c1ccccc1.Cl. The third kappa shape index (κ3) is 7.48. The van der Waals surface area contributed by atoms with Gasteiger partial charge in [-0.05, 0) is 79.3 Å². The monoisotopic (exact) mass is 582 g/mol. The van der Waals surface area contributed by atoms with Gasteiger partial charge in [-0.15, -0.1) is 12.4 Å². The summed E-state index contributed by atoms with van der Waals surface area (Å²) in [5.41, 5.74) is 1.07. The van der Waals surface area contributed by atoms with Crippen LogP contribution in [0.4, 0.5) is 0 Å². The Hall–Kier alpha value is -1.64. The molecule has 1 atom stereocenters. The minimum atomic E-state index is -3.60. The number of piperidine rings is 1. The van der Waals surface area contributed by atoms with Gasteiger partial charge in [-0.1, -0.05) is 65.7 Å². The Bertz CT molecular complexity index is 1250. The van der Waals surface area contributed by atoms with Crippen LogP contribution in [-0.4, -0.2) is 56.0 Å². The van der Waals surface area contributed by atoms with Gasteiger partial charge in [-0.2, -0.15) is 0 Å². The topological polar surface area (TPSA) is 60.9 Å². The second-order valence-electron chi connectivity index (χ2n) is 9.52. The van der Waals surface area contributed by atoms with E-state index in [1.54, 1.807) is 37.4 Å². The van der Waals surface area contributed by atoms with E-state index in [1.165, 1.54) is 4.31 Å². The quantitative estimate of drug-likeness (QED) is 0.326. The van der Waals surface area contributed by atoms with E-state index in [0.29, 0.717) is 29.4 Å². The largest absolute Gasteiger partial charge is 0.385 e. The van der Waals surface area contributed by atoms with E-state index >= 15 is 0 Å². The Balaban J connectivity index is 0.00000380. The Morgan fingerprint density at radius 2 is 1.59 bits per heavy atom. The lowest BCUT2D eigenvalue weighted by molar-refractivity contribution is -0.0263. The van der Waals surface area contributed by atoms with Crippen molar-refractivity contribution in [1.29, 1.82) is 0 Å². The molecular formula is C28H33Cl3N2O3S. The highest BCUT2D eigenvalue weighted by Crippen LogP contribution is 2.34. The number of likely N-dealkylation sites (N-methyl/N-ethyl adjacent to an activating group) is 1. The fraction of sp³-hybridized carbons (Fsp3) is 0.357. The molecule has 0 amide bonds. The zero-order valence-corrected chi connectivity index (χ0v) is 23.9. The van der Waals surface area contributed by atoms with E-state index < -0.39 is 15.6 Å². The Morgan fingerprint density at radius 1 is 0.946 bits per heavy atom. The molecule has 0 aliphatic carbocycles. The Morgan fingerprint density at radius 3 is 2.22 bits per heavy atom. The number of halogens is 3. The van der Waals surface area contributed by atoms with Crippen molar-refractivity contribution >= 4 is 45.6 Å². The van der Waals surface area contributed by atoms with Crippen molar-refractivity contribution in [3.05, 3.63) is 100 Å². The maximum atomic E-state index is 13.2. The van der Waals surface area contributed by atoms with Crippen LogP contribution >= 0.6 is 35.6 Å². The first-order valence-corrected chi connectivity index (χ1v) is 14.3. The van der Waals surface area contributed by atoms with E-state index in [1.807, 2.05) is 48.5 Å². The molecule has 0 aromatic heterocycles. The molecule has 3 aromatic carbocycles. The second kappa shape index (κ2) is 12.9. The third-order valence-corrected chi connectivity index (χ3v) is 9.43. The molecule has 4 rings (SSSR count). The summed E-state index contributed by atoms with van der Waals surface area (Å²) >= 11 is 12.3. The minimum Gasteiger partial charge on any atom is -0.385 e. The van der Waals surface area contributed by atoms with Gasteiger partial charge in [0, 0.05) is 36.7 Å². The Labute approximate surface area is 236 Å². The number of hydrogen-bond acceptors (Lipinski definition) is 4. The summed E-state index contributed by atoms with van der Waals surface area (Å²) in [5.74, 6) is -0.0238. The average molecular weight is 584 g/mol. The first kappa shape index (κ1) is 29.9. The summed E-state index contributed by atoms with van der Waals surface area (Å²) < 4.78 is 27.7. The molecule has 1 heterocycles. The van der Waals surface area contributed by atoms with Gasteiger partial charge in [0.25, 0.3) is 0 Å². The van der Waals surface area contributed by atoms with Crippen molar-refractivity contribution in [2.24, 2.45) is 0 Å². The average Bonchev–Trinajstić information content (AvgIpc) is 2.88. The molecular weight excluding hydrogens is 551 g/mol. The molecule has 3 aromatic rings. The molecule has 1 fully saturated rings. The van der Waals surface area contributed by atoms with Crippen LogP contribution in [0.5, 0.6) is 0 Å². The summed E-state index contributed by atoms with van der Waals surface area (Å²) in [5, 5.41) is 12.5. The number of hydrogen-bond donors (Lipinski definition) is 1. The lowest BCUT2D eigenvalue weighted by Crippen LogP contribution is -2.43. The molecule has 0 unspecified atom stereocenters. The van der Waals surface area contributed by atoms with Gasteiger partial charge in [-0.25, -0.2) is 12.7 Å². The zero-order valence-electron chi connectivity index (χ0n) is 20.8. The lowest BCUT2D eigenvalue weighted by atomic mass is 9.84. The van der Waals surface area contributed by atoms with Crippen molar-refractivity contribution in [3.63, 3.8) is 0 Å². The fourth-order valence-corrected chi connectivity index (χ4v) is 6.40. The molecule has 1 aliphatic rings. The van der Waals surface area contributed by atoms with E-state index in [-0.39, 0.29) is 23.2 Å². The lowest BCUT2D eigenvalue weighted by Gasteiger charge is -2.39. The predicted octanol–water partition coefficient (Wildman–Crippen LogP) is 6.19. The molecule has 0 bridgehead atoms. The molecule has 5 nitrogen and oxygen atoms in total. The maximum absolute atomic E-state index is 13.2. The van der Waals surface area contributed by atoms with Crippen LogP contribution in [0.3, 0.4) is 0 Å². The van der Waals surface area contributed by atoms with E-state index in [0.717, 1.165) is 37.2 Å². The van der Waals surface area contributed by atoms with Crippen molar-refractivity contribution in [1.82, 2.24) is 9.21 Å². The predicted molar refractivity (Wildman–Crippen MR) is 153 cm³/mol. The van der Waals surface area contributed by atoms with E-state index in [9.17, 15) is 13.5 Å². The molecule has 200 valence electrons. The first-order chi connectivity index (χ1) is 17.2. The number of sulfonamides is 1. The van der Waals surface area contributed by atoms with Crippen molar-refractivity contribution in [3.8, 4) is 0 Å². The smallest absolute Gasteiger partial charge is 0.242 e. The molecule has 0 saturated carbocycles. The van der Waals surface area contributed by atoms with Gasteiger partial charge >= 0.3 is 0 Å². The molecule has 0 spiro atoms. The van der Waals surface area contributed by atoms with Gasteiger partial charge in [-0.3, -0.25) is 0 Å². The number of nitrogens with zero attached hydrogens (tertiary/aromatic N) is 2. The van der Waals surface area contributed by atoms with Crippen molar-refractivity contribution < 1.29 is 13.5 Å². The molecule has 1 N–H and O–H groups in total. The standard InChI is InChI=1S/C28H32Cl2N2O3S.ClH/c1-31(36(34,35)27-8-3-2-4-9-27)21-23(22-6-5-7-26(30)20-22)14-17-32-18-15-28(33,16-19-32)24-10-12-25(29)13-11-24;/h2-13,20,23,33H,14-19,21H2,1H3;1H/t23-;/m1./s1. The summed E-state index contributed by atoms with van der Waals surface area (Å²) in [6.07, 6.45) is 2.05. The first-order valence-electron chi connectivity index (χ1n) is 12.1. The van der Waals surface area contributed by atoms with Crippen molar-refractivity contribution in [2.75, 3.05) is 33.2 Å². The summed E-state index contributed by atoms with van der Waals surface area (Å²) in [4.78, 5) is 2.63. The van der Waals surface area contributed by atoms with Crippen LogP contribution in [0.15, 0.2) is 83.8 Å². The maximum Gasteiger partial charge on any atom is 0.242 e. The highest BCUT2D eigenvalue weighted by Gasteiger charge is 2.34. The summed E-state index contributed by atoms with van der Waals surface area (Å²) in [7, 11) is -1.97. The molecule has 1 saturated heterocycles. The summed E-state index contributed by atoms with van der Waals surface area (Å²) in [6.45, 7) is 2.67. The van der Waals surface area contributed by atoms with E-state index in [2.05, 4.69) is 4.90 Å². The number of benzene rings is 3. The number of likely N-dealkylation sites (tertiary alicyclic amines) is 1. The van der Waals surface area contributed by atoms with Crippen LogP contribution in [-0.2, 0) is 15.6 Å². The van der Waals surface area contributed by atoms with Gasteiger partial charge in [0.2, 0.25) is 10.0 Å². The molecule has 37 heavy (non-hydrogen) atoms. The summed E-state index contributed by atoms with van der Waals surface area (Å²) in [6, 6.07) is 23.6. The van der Waals surface area contributed by atoms with Crippen LogP contribution in [0.2, 0.25) is 10.0 Å². The van der Waals surface area contributed by atoms with Crippen LogP contribution in [0.25, 0.3) is 0 Å². The Kier molecular flexibility index (Phi) is 10.5. The highest BCUT2D eigenvalue weighted by molar-refractivity contribution is 7.89. The second-order valence-corrected chi connectivity index (χ2v) is 12.4. The third-order valence-electron chi connectivity index (χ3n) is 7.11. The minimum absolute atomic E-state index is 0. The van der Waals surface area contributed by atoms with Gasteiger partial charge in [0.1, 0.15) is 0 Å². The van der Waals surface area contributed by atoms with Gasteiger partial charge < -0.3 is 10.0 Å². The van der Waals surface area contributed by atoms with Crippen molar-refractivity contribution in [2.45, 2.75) is 35.7 Å². The molecule has 0 radical (unpaired) electrons. The number of aliphatic hydroxyl groups is 1. The molecule has 9 heteroatoms. The highest BCUT2D eigenvalue weighted by atomic mass is 35.5. The number of rotatable bonds is 9. The fourth-order valence-electron chi connectivity index (χ4n) is 4.84. The van der Waals surface area contributed by atoms with E-state index in [4.69, 9.17) is 23.2 Å².